The van der Waals surface area contributed by atoms with E-state index in [1.54, 1.807) is 26.0 Å². The number of aliphatic hydroxyl groups excluding tert-OH is 2. The third-order valence-corrected chi connectivity index (χ3v) is 13.3. The maximum atomic E-state index is 13.4. The Bertz CT molecular complexity index is 1420. The molecule has 1 aromatic rings. The molecule has 4 aliphatic carbocycles. The Morgan fingerprint density at radius 3 is 2.42 bits per heavy atom. The van der Waals surface area contributed by atoms with Crippen LogP contribution in [0.25, 0.3) is 6.08 Å². The number of fused-ring (bicyclic) bond motifs is 5. The summed E-state index contributed by atoms with van der Waals surface area (Å²) in [5.74, 6) is -1.49. The smallest absolute Gasteiger partial charge is 0.331 e. The molecular weight excluding hydrogens is 620 g/mol. The topological polar surface area (TPSA) is 175 Å². The van der Waals surface area contributed by atoms with E-state index in [9.17, 15) is 35.4 Å². The second kappa shape index (κ2) is 12.2. The predicted molar refractivity (Wildman–Crippen MR) is 174 cm³/mol. The van der Waals surface area contributed by atoms with Crippen molar-refractivity contribution in [2.45, 2.75) is 138 Å². The summed E-state index contributed by atoms with van der Waals surface area (Å²) in [4.78, 5) is 13.4. The van der Waals surface area contributed by atoms with E-state index in [0.29, 0.717) is 19.3 Å². The summed E-state index contributed by atoms with van der Waals surface area (Å²) >= 11 is 0. The van der Waals surface area contributed by atoms with Gasteiger partial charge in [-0.25, -0.2) is 4.79 Å². The van der Waals surface area contributed by atoms with Gasteiger partial charge in [-0.3, -0.25) is 0 Å². The van der Waals surface area contributed by atoms with Crippen molar-refractivity contribution in [1.82, 2.24) is 0 Å². The van der Waals surface area contributed by atoms with Crippen molar-refractivity contribution in [3.63, 3.8) is 0 Å². The van der Waals surface area contributed by atoms with E-state index in [0.717, 1.165) is 5.56 Å². The monoisotopic (exact) mass is 672 g/mol. The van der Waals surface area contributed by atoms with E-state index >= 15 is 0 Å². The molecule has 1 saturated heterocycles. The van der Waals surface area contributed by atoms with Crippen LogP contribution in [0.2, 0.25) is 0 Å². The Labute approximate surface area is 282 Å². The number of hydrogen-bond acceptors (Lipinski definition) is 11. The lowest BCUT2D eigenvalue weighted by Crippen LogP contribution is -2.80. The third-order valence-electron chi connectivity index (χ3n) is 13.3. The molecule has 6 N–H and O–H groups in total. The van der Waals surface area contributed by atoms with Gasteiger partial charge in [0.1, 0.15) is 29.0 Å². The van der Waals surface area contributed by atoms with Gasteiger partial charge >= 0.3 is 5.97 Å². The van der Waals surface area contributed by atoms with E-state index < -0.39 is 88.0 Å². The van der Waals surface area contributed by atoms with E-state index in [2.05, 4.69) is 0 Å². The Hall–Kier alpha value is -2.19. The fraction of sp³-hybridized carbons (Fsp3) is 0.703. The molecule has 266 valence electrons. The first kappa shape index (κ1) is 35.6. The van der Waals surface area contributed by atoms with Crippen molar-refractivity contribution in [3.8, 4) is 0 Å². The summed E-state index contributed by atoms with van der Waals surface area (Å²) in [6.45, 7) is 6.66. The summed E-state index contributed by atoms with van der Waals surface area (Å²) in [6, 6.07) is 9.23. The molecule has 1 aromatic carbocycles. The molecule has 0 bridgehead atoms. The molecule has 14 atom stereocenters. The predicted octanol–water partition coefficient (Wildman–Crippen LogP) is 2.39. The number of ether oxygens (including phenoxy) is 4. The number of benzene rings is 1. The highest BCUT2D eigenvalue weighted by Gasteiger charge is 2.82. The van der Waals surface area contributed by atoms with E-state index in [1.165, 1.54) is 26.2 Å². The van der Waals surface area contributed by atoms with Crippen LogP contribution >= 0.6 is 0 Å². The maximum Gasteiger partial charge on any atom is 0.331 e. The normalized spacial score (nSPS) is 49.2. The Morgan fingerprint density at radius 2 is 1.75 bits per heavy atom. The lowest BCUT2D eigenvalue weighted by Gasteiger charge is -2.68. The molecule has 11 heteroatoms. The van der Waals surface area contributed by atoms with Gasteiger partial charge in [-0.05, 0) is 57.6 Å². The minimum atomic E-state index is -2.03. The SMILES string of the molecule is CO[C@H]1C[C@H](O[C@H]2CC[C@]3(C)[C@H]4C[C@@H](OC(=O)C=Cc5ccccc5)[C@@]5(C)[C@](O)(CC[C@@]5(O)[C@H](C)O)[C@]4(O)C=C[C@@]3(O)C2)O[C@H](C)[C@H]1O. The Kier molecular flexibility index (Phi) is 9.09. The van der Waals surface area contributed by atoms with Gasteiger partial charge in [0.15, 0.2) is 6.29 Å². The number of rotatable bonds is 7. The van der Waals surface area contributed by atoms with Crippen molar-refractivity contribution in [3.05, 3.63) is 54.1 Å². The molecule has 0 radical (unpaired) electrons. The summed E-state index contributed by atoms with van der Waals surface area (Å²) in [7, 11) is 1.53. The number of hydrogen-bond donors (Lipinski definition) is 6. The lowest BCUT2D eigenvalue weighted by molar-refractivity contribution is -0.330. The van der Waals surface area contributed by atoms with Crippen molar-refractivity contribution in [1.29, 1.82) is 0 Å². The van der Waals surface area contributed by atoms with Crippen LogP contribution in [-0.2, 0) is 23.7 Å². The van der Waals surface area contributed by atoms with Crippen molar-refractivity contribution < 1.29 is 54.4 Å². The van der Waals surface area contributed by atoms with Gasteiger partial charge in [-0.15, -0.1) is 0 Å². The van der Waals surface area contributed by atoms with Crippen LogP contribution < -0.4 is 0 Å². The van der Waals surface area contributed by atoms with Crippen LogP contribution in [0.3, 0.4) is 0 Å². The van der Waals surface area contributed by atoms with Gasteiger partial charge < -0.3 is 49.6 Å². The lowest BCUT2D eigenvalue weighted by atomic mass is 9.41. The largest absolute Gasteiger partial charge is 0.458 e. The van der Waals surface area contributed by atoms with Crippen LogP contribution in [0.4, 0.5) is 0 Å². The van der Waals surface area contributed by atoms with Gasteiger partial charge in [0, 0.05) is 37.4 Å². The first-order valence-electron chi connectivity index (χ1n) is 17.2. The molecule has 5 aliphatic rings. The molecule has 48 heavy (non-hydrogen) atoms. The standard InChI is InChI=1S/C37H52O11/c1-22-31(40)26(45-5)19-30(46-22)47-25-13-14-32(3)27-20-28(48-29(39)12-11-24-9-7-6-8-10-24)33(4)35(42,23(2)38)17-18-37(33,44)36(27,43)16-15-34(32,41)21-25/h6-12,15-16,22-23,25-28,30-31,38,40-44H,13-14,17-21H2,1-5H3/t22-,23+,25+,26+,27-,28-,30+,31-,32-,33-,34-,35-,36+,37-/m1/s1. The van der Waals surface area contributed by atoms with Crippen LogP contribution in [0, 0.1) is 16.7 Å². The highest BCUT2D eigenvalue weighted by molar-refractivity contribution is 5.87. The zero-order chi connectivity index (χ0) is 34.9. The zero-order valence-corrected chi connectivity index (χ0v) is 28.5. The summed E-state index contributed by atoms with van der Waals surface area (Å²) in [6.07, 6.45) is 2.00. The van der Waals surface area contributed by atoms with Gasteiger partial charge in [-0.1, -0.05) is 56.3 Å². The van der Waals surface area contributed by atoms with Crippen LogP contribution in [0.15, 0.2) is 48.6 Å². The number of carbonyl (C=O) groups excluding carboxylic acids is 1. The summed E-state index contributed by atoms with van der Waals surface area (Å²) in [5.41, 5.74) is -9.22. The van der Waals surface area contributed by atoms with Gasteiger partial charge in [0.05, 0.1) is 35.4 Å². The molecule has 0 unspecified atom stereocenters. The first-order chi connectivity index (χ1) is 22.5. The van der Waals surface area contributed by atoms with Crippen molar-refractivity contribution in [2.24, 2.45) is 16.7 Å². The quantitative estimate of drug-likeness (QED) is 0.143. The average molecular weight is 673 g/mol. The molecule has 1 heterocycles. The number of methoxy groups -OCH3 is 1. The number of aliphatic hydroxyl groups is 6. The molecule has 0 spiro atoms. The van der Waals surface area contributed by atoms with Crippen LogP contribution in [0.1, 0.15) is 78.2 Å². The maximum absolute atomic E-state index is 13.4. The average Bonchev–Trinajstić information content (AvgIpc) is 3.28. The minimum absolute atomic E-state index is 0.0145. The van der Waals surface area contributed by atoms with Gasteiger partial charge in [0.25, 0.3) is 0 Å². The fourth-order valence-electron chi connectivity index (χ4n) is 10.1. The second-order valence-electron chi connectivity index (χ2n) is 15.4. The first-order valence-corrected chi connectivity index (χ1v) is 17.2. The van der Waals surface area contributed by atoms with E-state index in [1.807, 2.05) is 37.3 Å². The van der Waals surface area contributed by atoms with E-state index in [4.69, 9.17) is 18.9 Å². The molecule has 4 fully saturated rings. The highest BCUT2D eigenvalue weighted by Crippen LogP contribution is 2.71. The van der Waals surface area contributed by atoms with E-state index in [-0.39, 0.29) is 25.7 Å². The van der Waals surface area contributed by atoms with Crippen molar-refractivity contribution in [2.75, 3.05) is 7.11 Å². The molecule has 11 nitrogen and oxygen atoms in total. The molecular formula is C37H52O11. The minimum Gasteiger partial charge on any atom is -0.458 e. The molecule has 6 rings (SSSR count). The zero-order valence-electron chi connectivity index (χ0n) is 28.5. The third kappa shape index (κ3) is 5.07. The molecule has 3 saturated carbocycles. The van der Waals surface area contributed by atoms with Crippen LogP contribution in [0.5, 0.6) is 0 Å². The summed E-state index contributed by atoms with van der Waals surface area (Å²) < 4.78 is 23.8. The Morgan fingerprint density at radius 1 is 1.04 bits per heavy atom. The molecule has 0 aromatic heterocycles. The number of esters is 1. The highest BCUT2D eigenvalue weighted by atomic mass is 16.7. The summed E-state index contributed by atoms with van der Waals surface area (Å²) in [5, 5.41) is 71.1. The fourth-order valence-corrected chi connectivity index (χ4v) is 10.1. The second-order valence-corrected chi connectivity index (χ2v) is 15.4. The van der Waals surface area contributed by atoms with Gasteiger partial charge in [0.2, 0.25) is 0 Å². The Balaban J connectivity index is 1.32. The molecule has 1 aliphatic heterocycles. The van der Waals surface area contributed by atoms with Crippen LogP contribution in [-0.4, -0.2) is 109 Å². The number of carbonyl (C=O) groups is 1. The molecule has 0 amide bonds. The van der Waals surface area contributed by atoms with Gasteiger partial charge in [-0.2, -0.15) is 0 Å². The van der Waals surface area contributed by atoms with Crippen molar-refractivity contribution >= 4 is 12.0 Å².